The molecule has 0 bridgehead atoms. The Morgan fingerprint density at radius 1 is 1.47 bits per heavy atom. The molecule has 0 heterocycles. The number of benzene rings is 1. The second-order valence-electron chi connectivity index (χ2n) is 2.82. The highest BCUT2D eigenvalue weighted by Gasteiger charge is 2.12. The Morgan fingerprint density at radius 3 is 2.87 bits per heavy atom. The van der Waals surface area contributed by atoms with Gasteiger partial charge in [-0.25, -0.2) is 4.79 Å². The van der Waals surface area contributed by atoms with Gasteiger partial charge in [0.25, 0.3) is 0 Å². The lowest BCUT2D eigenvalue weighted by Crippen LogP contribution is -2.07. The van der Waals surface area contributed by atoms with E-state index >= 15 is 0 Å². The number of ether oxygens (including phenoxy) is 2. The fourth-order valence-corrected chi connectivity index (χ4v) is 1.13. The quantitative estimate of drug-likeness (QED) is 0.548. The Labute approximate surface area is 89.3 Å². The van der Waals surface area contributed by atoms with Gasteiger partial charge in [-0.15, -0.1) is 0 Å². The minimum Gasteiger partial charge on any atom is -0.493 e. The Balaban J connectivity index is 2.81. The highest BCUT2D eigenvalue weighted by molar-refractivity contribution is 5.92. The van der Waals surface area contributed by atoms with Crippen LogP contribution in [0.5, 0.6) is 5.75 Å². The van der Waals surface area contributed by atoms with Gasteiger partial charge < -0.3 is 9.47 Å². The molecular weight excluding hydrogens is 192 g/mol. The molecule has 15 heavy (non-hydrogen) atoms. The second kappa shape index (κ2) is 5.86. The molecule has 0 unspecified atom stereocenters. The zero-order valence-corrected chi connectivity index (χ0v) is 8.73. The molecule has 0 aliphatic heterocycles. The van der Waals surface area contributed by atoms with Gasteiger partial charge in [0.1, 0.15) is 17.9 Å². The first kappa shape index (κ1) is 11.3. The average Bonchev–Trinajstić information content (AvgIpc) is 2.27. The number of hydrogen-bond acceptors (Lipinski definition) is 3. The molecule has 0 aromatic heterocycles. The van der Waals surface area contributed by atoms with Gasteiger partial charge in [-0.05, 0) is 19.1 Å². The Kier molecular flexibility index (Phi) is 4.41. The highest BCUT2D eigenvalue weighted by Crippen LogP contribution is 2.18. The van der Waals surface area contributed by atoms with Gasteiger partial charge in [-0.1, -0.05) is 24.8 Å². The molecule has 0 amide bonds. The lowest BCUT2D eigenvalue weighted by molar-refractivity contribution is 0.0545. The van der Waals surface area contributed by atoms with Gasteiger partial charge in [-0.2, -0.15) is 0 Å². The van der Waals surface area contributed by atoms with Crippen molar-refractivity contribution >= 4 is 5.97 Å². The Morgan fingerprint density at radius 2 is 2.20 bits per heavy atom. The molecule has 1 rings (SSSR count). The molecule has 0 fully saturated rings. The second-order valence-corrected chi connectivity index (χ2v) is 2.82. The van der Waals surface area contributed by atoms with E-state index < -0.39 is 0 Å². The molecule has 0 saturated heterocycles. The topological polar surface area (TPSA) is 35.5 Å². The maximum atomic E-state index is 11.5. The van der Waals surface area contributed by atoms with Gasteiger partial charge in [0.05, 0.1) is 6.61 Å². The van der Waals surface area contributed by atoms with Crippen LogP contribution in [0.25, 0.3) is 0 Å². The molecule has 1 aromatic carbocycles. The first-order chi connectivity index (χ1) is 7.29. The highest BCUT2D eigenvalue weighted by atomic mass is 16.5. The largest absolute Gasteiger partial charge is 0.493 e. The van der Waals surface area contributed by atoms with Crippen LogP contribution in [-0.4, -0.2) is 19.2 Å². The Bertz CT molecular complexity index is 344. The lowest BCUT2D eigenvalue weighted by Gasteiger charge is -2.08. The summed E-state index contributed by atoms with van der Waals surface area (Å²) in [7, 11) is 0. The van der Waals surface area contributed by atoms with Crippen LogP contribution in [0, 0.1) is 0 Å². The molecule has 80 valence electrons. The molecule has 0 spiro atoms. The smallest absolute Gasteiger partial charge is 0.342 e. The summed E-state index contributed by atoms with van der Waals surface area (Å²) in [6.45, 7) is 6.07. The maximum absolute atomic E-state index is 11.5. The molecule has 0 radical (unpaired) electrons. The van der Waals surface area contributed by atoms with E-state index in [2.05, 4.69) is 6.58 Å². The first-order valence-electron chi connectivity index (χ1n) is 4.79. The fraction of sp³-hybridized carbons (Fsp3) is 0.250. The van der Waals surface area contributed by atoms with Gasteiger partial charge in [0, 0.05) is 0 Å². The van der Waals surface area contributed by atoms with Crippen molar-refractivity contribution in [3.05, 3.63) is 42.5 Å². The van der Waals surface area contributed by atoms with Gasteiger partial charge >= 0.3 is 5.97 Å². The van der Waals surface area contributed by atoms with E-state index in [0.717, 1.165) is 0 Å². The SMILES string of the molecule is C=CCOC(=O)c1ccccc1OCC. The van der Waals surface area contributed by atoms with Gasteiger partial charge in [-0.3, -0.25) is 0 Å². The van der Waals surface area contributed by atoms with Gasteiger partial charge in [0.15, 0.2) is 0 Å². The third-order valence-electron chi connectivity index (χ3n) is 1.74. The number of esters is 1. The summed E-state index contributed by atoms with van der Waals surface area (Å²) in [4.78, 5) is 11.5. The molecule has 0 N–H and O–H groups in total. The van der Waals surface area contributed by atoms with E-state index in [4.69, 9.17) is 9.47 Å². The molecule has 1 aromatic rings. The molecular formula is C12H14O3. The summed E-state index contributed by atoms with van der Waals surface area (Å²) < 4.78 is 10.2. The predicted molar refractivity (Wildman–Crippen MR) is 58.1 cm³/mol. The zero-order chi connectivity index (χ0) is 11.1. The van der Waals surface area contributed by atoms with Crippen molar-refractivity contribution < 1.29 is 14.3 Å². The minimum atomic E-state index is -0.390. The summed E-state index contributed by atoms with van der Waals surface area (Å²) >= 11 is 0. The number of carbonyl (C=O) groups excluding carboxylic acids is 1. The summed E-state index contributed by atoms with van der Waals surface area (Å²) in [5, 5.41) is 0. The van der Waals surface area contributed by atoms with E-state index in [0.29, 0.717) is 17.9 Å². The van der Waals surface area contributed by atoms with Crippen LogP contribution in [0.4, 0.5) is 0 Å². The van der Waals surface area contributed by atoms with Crippen LogP contribution in [0.15, 0.2) is 36.9 Å². The van der Waals surface area contributed by atoms with Crippen molar-refractivity contribution in [1.29, 1.82) is 0 Å². The van der Waals surface area contributed by atoms with Crippen LogP contribution >= 0.6 is 0 Å². The van der Waals surface area contributed by atoms with Crippen molar-refractivity contribution in [3.8, 4) is 5.75 Å². The third kappa shape index (κ3) is 3.13. The van der Waals surface area contributed by atoms with Crippen LogP contribution in [0.2, 0.25) is 0 Å². The monoisotopic (exact) mass is 206 g/mol. The lowest BCUT2D eigenvalue weighted by atomic mass is 10.2. The van der Waals surface area contributed by atoms with E-state index in [1.165, 1.54) is 6.08 Å². The zero-order valence-electron chi connectivity index (χ0n) is 8.73. The standard InChI is InChI=1S/C12H14O3/c1-3-9-15-12(13)10-7-5-6-8-11(10)14-4-2/h3,5-8H,1,4,9H2,2H3. The van der Waals surface area contributed by atoms with E-state index in [-0.39, 0.29) is 12.6 Å². The molecule has 0 saturated carbocycles. The van der Waals surface area contributed by atoms with Crippen molar-refractivity contribution in [2.24, 2.45) is 0 Å². The molecule has 3 nitrogen and oxygen atoms in total. The van der Waals surface area contributed by atoms with Crippen LogP contribution in [-0.2, 0) is 4.74 Å². The summed E-state index contributed by atoms with van der Waals surface area (Å²) in [6.07, 6.45) is 1.53. The normalized spacial score (nSPS) is 9.40. The maximum Gasteiger partial charge on any atom is 0.342 e. The Hall–Kier alpha value is -1.77. The number of para-hydroxylation sites is 1. The number of hydrogen-bond donors (Lipinski definition) is 0. The predicted octanol–water partition coefficient (Wildman–Crippen LogP) is 2.43. The summed E-state index contributed by atoms with van der Waals surface area (Å²) in [5.74, 6) is 0.160. The van der Waals surface area contributed by atoms with Crippen LogP contribution in [0.1, 0.15) is 17.3 Å². The average molecular weight is 206 g/mol. The van der Waals surface area contributed by atoms with E-state index in [9.17, 15) is 4.79 Å². The van der Waals surface area contributed by atoms with Crippen LogP contribution < -0.4 is 4.74 Å². The van der Waals surface area contributed by atoms with Crippen molar-refractivity contribution in [3.63, 3.8) is 0 Å². The molecule has 0 aliphatic rings. The minimum absolute atomic E-state index is 0.208. The number of rotatable bonds is 5. The van der Waals surface area contributed by atoms with Crippen molar-refractivity contribution in [2.75, 3.05) is 13.2 Å². The van der Waals surface area contributed by atoms with Crippen LogP contribution in [0.3, 0.4) is 0 Å². The molecule has 0 atom stereocenters. The van der Waals surface area contributed by atoms with Crippen molar-refractivity contribution in [2.45, 2.75) is 6.92 Å². The van der Waals surface area contributed by atoms with E-state index in [1.807, 2.05) is 13.0 Å². The summed E-state index contributed by atoms with van der Waals surface area (Å²) in [5.41, 5.74) is 0.446. The van der Waals surface area contributed by atoms with E-state index in [1.54, 1.807) is 18.2 Å². The number of carbonyl (C=O) groups is 1. The molecule has 3 heteroatoms. The van der Waals surface area contributed by atoms with Gasteiger partial charge in [0.2, 0.25) is 0 Å². The first-order valence-corrected chi connectivity index (χ1v) is 4.79. The fourth-order valence-electron chi connectivity index (χ4n) is 1.13. The molecule has 0 aliphatic carbocycles. The summed E-state index contributed by atoms with van der Waals surface area (Å²) in [6, 6.07) is 7.01. The van der Waals surface area contributed by atoms with Crippen molar-refractivity contribution in [1.82, 2.24) is 0 Å². The third-order valence-corrected chi connectivity index (χ3v) is 1.74.